The first-order valence-electron chi connectivity index (χ1n) is 3.14. The molecule has 0 amide bonds. The van der Waals surface area contributed by atoms with E-state index in [-0.39, 0.29) is 0 Å². The Kier molecular flexibility index (Phi) is 2.44. The lowest BCUT2D eigenvalue weighted by atomic mass is 9.99. The molecule has 0 bridgehead atoms. The first-order valence-corrected chi connectivity index (χ1v) is 3.54. The van der Waals surface area contributed by atoms with Crippen LogP contribution < -0.4 is 0 Å². The highest BCUT2D eigenvalue weighted by molar-refractivity contribution is 7.81. The maximum Gasteiger partial charge on any atom is 0.151 e. The van der Waals surface area contributed by atoms with Gasteiger partial charge in [-0.05, 0) is 0 Å². The van der Waals surface area contributed by atoms with Crippen LogP contribution in [0.1, 0.15) is 6.42 Å². The second kappa shape index (κ2) is 3.34. The van der Waals surface area contributed by atoms with Gasteiger partial charge in [0.2, 0.25) is 0 Å². The maximum atomic E-state index is 10.4. The Hall–Kier alpha value is -1.09. The van der Waals surface area contributed by atoms with Gasteiger partial charge in [-0.15, -0.1) is 0 Å². The number of carbonyl (C=O) groups is 2. The zero-order valence-electron chi connectivity index (χ0n) is 5.74. The fourth-order valence-electron chi connectivity index (χ4n) is 0.890. The molecule has 56 valence electrons. The lowest BCUT2D eigenvalue weighted by Crippen LogP contribution is -2.07. The van der Waals surface area contributed by atoms with Crippen molar-refractivity contribution < 1.29 is 9.59 Å². The monoisotopic (exact) mass is 166 g/mol. The number of hydrogen-bond acceptors (Lipinski definition) is 3. The summed E-state index contributed by atoms with van der Waals surface area (Å²) in [4.78, 5) is 21.3. The maximum absolute atomic E-state index is 10.4. The average Bonchev–Trinajstić information content (AvgIpc) is 2.04. The zero-order chi connectivity index (χ0) is 8.27. The van der Waals surface area contributed by atoms with Gasteiger partial charge in [0.15, 0.2) is 12.6 Å². The van der Waals surface area contributed by atoms with E-state index in [2.05, 4.69) is 0 Å². The Bertz CT molecular complexity index is 274. The van der Waals surface area contributed by atoms with Crippen LogP contribution in [0.3, 0.4) is 0 Å². The van der Waals surface area contributed by atoms with E-state index in [0.29, 0.717) is 35.0 Å². The van der Waals surface area contributed by atoms with E-state index in [0.717, 1.165) is 0 Å². The minimum atomic E-state index is 0.359. The molecule has 0 radical (unpaired) electrons. The molecule has 0 fully saturated rings. The van der Waals surface area contributed by atoms with Crippen molar-refractivity contribution in [1.82, 2.24) is 0 Å². The highest BCUT2D eigenvalue weighted by Crippen LogP contribution is 2.13. The molecule has 3 heteroatoms. The summed E-state index contributed by atoms with van der Waals surface area (Å²) in [6, 6.07) is 0. The van der Waals surface area contributed by atoms with Crippen molar-refractivity contribution >= 4 is 29.7 Å². The lowest BCUT2D eigenvalue weighted by Gasteiger charge is -2.06. The van der Waals surface area contributed by atoms with E-state index in [9.17, 15) is 9.59 Å². The lowest BCUT2D eigenvalue weighted by molar-refractivity contribution is -0.106. The molecule has 1 aliphatic carbocycles. The Morgan fingerprint density at radius 3 is 2.55 bits per heavy atom. The molecule has 0 N–H and O–H groups in total. The Labute approximate surface area is 69.6 Å². The van der Waals surface area contributed by atoms with E-state index in [1.165, 1.54) is 0 Å². The van der Waals surface area contributed by atoms with Crippen LogP contribution in [0.15, 0.2) is 23.3 Å². The molecular formula is C8H6O2S. The molecule has 0 aromatic heterocycles. The Balaban J connectivity index is 3.14. The van der Waals surface area contributed by atoms with Gasteiger partial charge in [-0.3, -0.25) is 9.59 Å². The highest BCUT2D eigenvalue weighted by atomic mass is 32.1. The van der Waals surface area contributed by atoms with E-state index in [4.69, 9.17) is 12.2 Å². The Morgan fingerprint density at radius 2 is 2.09 bits per heavy atom. The third-order valence-corrected chi connectivity index (χ3v) is 1.84. The van der Waals surface area contributed by atoms with E-state index >= 15 is 0 Å². The summed E-state index contributed by atoms with van der Waals surface area (Å²) in [5.74, 6) is 0. The van der Waals surface area contributed by atoms with Crippen LogP contribution in [0.2, 0.25) is 0 Å². The molecule has 0 aromatic rings. The average molecular weight is 166 g/mol. The van der Waals surface area contributed by atoms with Gasteiger partial charge in [-0.2, -0.15) is 0 Å². The second-order valence-electron chi connectivity index (χ2n) is 2.13. The molecule has 0 spiro atoms. The van der Waals surface area contributed by atoms with Crippen LogP contribution in [0, 0.1) is 0 Å². The smallest absolute Gasteiger partial charge is 0.151 e. The number of rotatable bonds is 2. The molecule has 0 heterocycles. The predicted octanol–water partition coefficient (Wildman–Crippen LogP) is 1.01. The number of thiocarbonyl (C=S) groups is 1. The van der Waals surface area contributed by atoms with Gasteiger partial charge in [0.05, 0.1) is 0 Å². The molecule has 1 rings (SSSR count). The van der Waals surface area contributed by atoms with Gasteiger partial charge >= 0.3 is 0 Å². The molecule has 0 saturated heterocycles. The molecule has 2 nitrogen and oxygen atoms in total. The predicted molar refractivity (Wildman–Crippen MR) is 45.5 cm³/mol. The number of carbonyl (C=O) groups excluding carboxylic acids is 2. The van der Waals surface area contributed by atoms with Crippen molar-refractivity contribution in [2.45, 2.75) is 6.42 Å². The summed E-state index contributed by atoms with van der Waals surface area (Å²) in [6.45, 7) is 0. The second-order valence-corrected chi connectivity index (χ2v) is 2.63. The van der Waals surface area contributed by atoms with Crippen molar-refractivity contribution in [3.05, 3.63) is 23.3 Å². The fourth-order valence-corrected chi connectivity index (χ4v) is 1.15. The third-order valence-electron chi connectivity index (χ3n) is 1.46. The van der Waals surface area contributed by atoms with Gasteiger partial charge in [0.25, 0.3) is 0 Å². The topological polar surface area (TPSA) is 34.1 Å². The molecule has 1 aliphatic rings. The zero-order valence-corrected chi connectivity index (χ0v) is 6.56. The molecular weight excluding hydrogens is 160 g/mol. The molecule has 0 aromatic carbocycles. The molecule has 11 heavy (non-hydrogen) atoms. The van der Waals surface area contributed by atoms with Crippen LogP contribution in [-0.4, -0.2) is 17.4 Å². The van der Waals surface area contributed by atoms with Crippen molar-refractivity contribution in [2.24, 2.45) is 0 Å². The van der Waals surface area contributed by atoms with Gasteiger partial charge in [-0.25, -0.2) is 0 Å². The van der Waals surface area contributed by atoms with Crippen molar-refractivity contribution in [3.8, 4) is 0 Å². The number of allylic oxidation sites excluding steroid dienone is 4. The number of hydrogen-bond donors (Lipinski definition) is 0. The molecule has 0 aliphatic heterocycles. The van der Waals surface area contributed by atoms with Gasteiger partial charge in [0, 0.05) is 22.4 Å². The van der Waals surface area contributed by atoms with Crippen LogP contribution >= 0.6 is 12.2 Å². The standard InChI is InChI=1S/C8H6O2S/c9-4-6-2-1-3-8(11)7(6)5-10/h1-2,4-5H,3H2. The minimum absolute atomic E-state index is 0.359. The van der Waals surface area contributed by atoms with E-state index in [1.807, 2.05) is 0 Å². The van der Waals surface area contributed by atoms with Gasteiger partial charge in [0.1, 0.15) is 0 Å². The quantitative estimate of drug-likeness (QED) is 0.453. The van der Waals surface area contributed by atoms with Crippen molar-refractivity contribution in [1.29, 1.82) is 0 Å². The van der Waals surface area contributed by atoms with Gasteiger partial charge in [-0.1, -0.05) is 24.4 Å². The van der Waals surface area contributed by atoms with Crippen LogP contribution in [0.4, 0.5) is 0 Å². The summed E-state index contributed by atoms with van der Waals surface area (Å²) in [5, 5.41) is 0. The minimum Gasteiger partial charge on any atom is -0.298 e. The van der Waals surface area contributed by atoms with Crippen molar-refractivity contribution in [2.75, 3.05) is 0 Å². The normalized spacial score (nSPS) is 16.9. The van der Waals surface area contributed by atoms with Crippen LogP contribution in [0.5, 0.6) is 0 Å². The SMILES string of the molecule is O=CC1=C(C=O)C(=S)CC=C1. The van der Waals surface area contributed by atoms with Gasteiger partial charge < -0.3 is 0 Å². The first-order chi connectivity index (χ1) is 5.29. The highest BCUT2D eigenvalue weighted by Gasteiger charge is 2.11. The third kappa shape index (κ3) is 1.49. The molecule has 0 saturated carbocycles. The van der Waals surface area contributed by atoms with Crippen molar-refractivity contribution in [3.63, 3.8) is 0 Å². The Morgan fingerprint density at radius 1 is 1.36 bits per heavy atom. The van der Waals surface area contributed by atoms with E-state index in [1.54, 1.807) is 12.2 Å². The summed E-state index contributed by atoms with van der Waals surface area (Å²) in [5.41, 5.74) is 0.744. The summed E-state index contributed by atoms with van der Waals surface area (Å²) in [6.07, 6.45) is 5.26. The summed E-state index contributed by atoms with van der Waals surface area (Å²) < 4.78 is 0. The first kappa shape index (κ1) is 8.01. The van der Waals surface area contributed by atoms with Crippen LogP contribution in [0.25, 0.3) is 0 Å². The molecule has 0 unspecified atom stereocenters. The fraction of sp³-hybridized carbons (Fsp3) is 0.125. The summed E-state index contributed by atoms with van der Waals surface area (Å²) in [7, 11) is 0. The van der Waals surface area contributed by atoms with E-state index < -0.39 is 0 Å². The number of aldehydes is 2. The summed E-state index contributed by atoms with van der Waals surface area (Å²) >= 11 is 4.87. The largest absolute Gasteiger partial charge is 0.298 e. The molecule has 0 atom stereocenters. The van der Waals surface area contributed by atoms with Crippen LogP contribution in [-0.2, 0) is 9.59 Å².